The minimum absolute atomic E-state index is 0.246. The van der Waals surface area contributed by atoms with Crippen LogP contribution in [0.4, 0.5) is 5.95 Å². The molecule has 0 saturated heterocycles. The third kappa shape index (κ3) is 2.99. The lowest BCUT2D eigenvalue weighted by Crippen LogP contribution is -2.23. The second-order valence-corrected chi connectivity index (χ2v) is 4.08. The van der Waals surface area contributed by atoms with Crippen LogP contribution in [0.2, 0.25) is 0 Å². The Balaban J connectivity index is 2.29. The van der Waals surface area contributed by atoms with Crippen molar-refractivity contribution in [3.63, 3.8) is 0 Å². The molecule has 0 spiro atoms. The van der Waals surface area contributed by atoms with E-state index in [0.29, 0.717) is 25.4 Å². The highest BCUT2D eigenvalue weighted by Gasteiger charge is 2.14. The van der Waals surface area contributed by atoms with E-state index < -0.39 is 0 Å². The predicted octanol–water partition coefficient (Wildman–Crippen LogP) is 1.12. The molecule has 0 bridgehead atoms. The number of hydrogen-bond acceptors (Lipinski definition) is 6. The fourth-order valence-corrected chi connectivity index (χ4v) is 1.93. The Kier molecular flexibility index (Phi) is 4.28. The molecule has 0 radical (unpaired) electrons. The molecule has 2 aromatic rings. The van der Waals surface area contributed by atoms with Gasteiger partial charge < -0.3 is 19.8 Å². The third-order valence-electron chi connectivity index (χ3n) is 2.71. The van der Waals surface area contributed by atoms with Gasteiger partial charge in [-0.05, 0) is 20.8 Å². The largest absolute Gasteiger partial charge is 0.368 e. The Morgan fingerprint density at radius 2 is 1.95 bits per heavy atom. The van der Waals surface area contributed by atoms with Gasteiger partial charge in [0.2, 0.25) is 5.95 Å². The highest BCUT2D eigenvalue weighted by molar-refractivity contribution is 5.74. The summed E-state index contributed by atoms with van der Waals surface area (Å²) in [4.78, 5) is 12.6. The maximum atomic E-state index is 5.68. The van der Waals surface area contributed by atoms with Crippen LogP contribution < -0.4 is 5.73 Å². The lowest BCUT2D eigenvalue weighted by molar-refractivity contribution is -0.143. The number of nitrogens with zero attached hydrogens (tertiary/aromatic N) is 4. The van der Waals surface area contributed by atoms with Gasteiger partial charge in [-0.15, -0.1) is 0 Å². The molecule has 0 atom stereocenters. The number of anilines is 1. The summed E-state index contributed by atoms with van der Waals surface area (Å²) < 4.78 is 12.9. The van der Waals surface area contributed by atoms with Crippen LogP contribution in [0.15, 0.2) is 6.33 Å². The molecule has 0 aliphatic carbocycles. The van der Waals surface area contributed by atoms with E-state index in [-0.39, 0.29) is 12.2 Å². The maximum Gasteiger partial charge on any atom is 0.222 e. The highest BCUT2D eigenvalue weighted by Crippen LogP contribution is 2.15. The zero-order valence-corrected chi connectivity index (χ0v) is 11.5. The molecule has 0 fully saturated rings. The lowest BCUT2D eigenvalue weighted by atomic mass is 10.4. The summed E-state index contributed by atoms with van der Waals surface area (Å²) in [6.07, 6.45) is 1.39. The maximum absolute atomic E-state index is 5.68. The van der Waals surface area contributed by atoms with E-state index in [1.807, 2.05) is 25.3 Å². The van der Waals surface area contributed by atoms with Crippen molar-refractivity contribution < 1.29 is 9.47 Å². The molecular formula is C12H19N5O2. The third-order valence-corrected chi connectivity index (χ3v) is 2.71. The van der Waals surface area contributed by atoms with Crippen molar-refractivity contribution in [1.82, 2.24) is 19.5 Å². The summed E-state index contributed by atoms with van der Waals surface area (Å²) in [5, 5.41) is 0. The average molecular weight is 265 g/mol. The minimum atomic E-state index is -0.316. The number of nitrogens with two attached hydrogens (primary N) is 1. The number of aryl methyl sites for hydroxylation is 1. The Hall–Kier alpha value is -1.73. The van der Waals surface area contributed by atoms with Gasteiger partial charge in [0.15, 0.2) is 11.9 Å². The average Bonchev–Trinajstić information content (AvgIpc) is 2.73. The lowest BCUT2D eigenvalue weighted by Gasteiger charge is -2.17. The normalized spacial score (nSPS) is 11.6. The van der Waals surface area contributed by atoms with E-state index in [1.165, 1.54) is 0 Å². The molecule has 7 heteroatoms. The van der Waals surface area contributed by atoms with E-state index in [0.717, 1.165) is 11.2 Å². The summed E-state index contributed by atoms with van der Waals surface area (Å²) in [7, 11) is 0. The van der Waals surface area contributed by atoms with Crippen LogP contribution in [-0.2, 0) is 16.0 Å². The Bertz CT molecular complexity index is 548. The summed E-state index contributed by atoms with van der Waals surface area (Å²) in [6.45, 7) is 7.43. The molecule has 104 valence electrons. The monoisotopic (exact) mass is 265 g/mol. The molecule has 0 aromatic carbocycles. The van der Waals surface area contributed by atoms with Crippen molar-refractivity contribution in [2.24, 2.45) is 0 Å². The zero-order chi connectivity index (χ0) is 13.8. The number of imidazole rings is 1. The fourth-order valence-electron chi connectivity index (χ4n) is 1.93. The quantitative estimate of drug-likeness (QED) is 0.787. The van der Waals surface area contributed by atoms with E-state index in [1.54, 1.807) is 6.33 Å². The summed E-state index contributed by atoms with van der Waals surface area (Å²) in [5.41, 5.74) is 7.90. The van der Waals surface area contributed by atoms with Crippen molar-refractivity contribution in [3.8, 4) is 0 Å². The van der Waals surface area contributed by atoms with E-state index in [2.05, 4.69) is 15.0 Å². The molecular weight excluding hydrogens is 246 g/mol. The predicted molar refractivity (Wildman–Crippen MR) is 71.5 cm³/mol. The van der Waals surface area contributed by atoms with Crippen LogP contribution >= 0.6 is 0 Å². The fraction of sp³-hybridized carbons (Fsp3) is 0.583. The van der Waals surface area contributed by atoms with Crippen molar-refractivity contribution >= 4 is 17.1 Å². The first-order chi connectivity index (χ1) is 9.15. The number of hydrogen-bond donors (Lipinski definition) is 1. The number of ether oxygens (including phenoxy) is 2. The van der Waals surface area contributed by atoms with Gasteiger partial charge in [0.25, 0.3) is 0 Å². The molecule has 2 aromatic heterocycles. The summed E-state index contributed by atoms with van der Waals surface area (Å²) >= 11 is 0. The molecule has 7 nitrogen and oxygen atoms in total. The number of fused-ring (bicyclic) bond motifs is 1. The van der Waals surface area contributed by atoms with Gasteiger partial charge in [0.05, 0.1) is 18.6 Å². The first-order valence-corrected chi connectivity index (χ1v) is 6.33. The molecule has 2 N–H and O–H groups in total. The standard InChI is InChI=1S/C12H19N5O2/c1-4-18-9(19-5-2)6-17-7-14-10-8(3)15-12(13)16-11(10)17/h7,9H,4-6H2,1-3H3,(H2,13,15,16). The van der Waals surface area contributed by atoms with Crippen LogP contribution in [0.3, 0.4) is 0 Å². The van der Waals surface area contributed by atoms with Crippen LogP contribution in [0.1, 0.15) is 19.5 Å². The van der Waals surface area contributed by atoms with Crippen LogP contribution in [0, 0.1) is 6.92 Å². The molecule has 0 amide bonds. The second-order valence-electron chi connectivity index (χ2n) is 4.08. The first kappa shape index (κ1) is 13.7. The Labute approximate surface area is 111 Å². The summed E-state index contributed by atoms with van der Waals surface area (Å²) in [5.74, 6) is 0.246. The minimum Gasteiger partial charge on any atom is -0.368 e. The molecule has 2 heterocycles. The Morgan fingerprint density at radius 1 is 1.26 bits per heavy atom. The Morgan fingerprint density at radius 3 is 2.58 bits per heavy atom. The first-order valence-electron chi connectivity index (χ1n) is 6.33. The van der Waals surface area contributed by atoms with Crippen LogP contribution in [0.5, 0.6) is 0 Å². The van der Waals surface area contributed by atoms with Crippen molar-refractivity contribution in [2.45, 2.75) is 33.6 Å². The van der Waals surface area contributed by atoms with Gasteiger partial charge in [0.1, 0.15) is 5.52 Å². The van der Waals surface area contributed by atoms with Gasteiger partial charge >= 0.3 is 0 Å². The highest BCUT2D eigenvalue weighted by atomic mass is 16.7. The van der Waals surface area contributed by atoms with Crippen LogP contribution in [0.25, 0.3) is 11.2 Å². The SMILES string of the molecule is CCOC(Cn1cnc2c(C)nc(N)nc21)OCC. The van der Waals surface area contributed by atoms with Gasteiger partial charge in [-0.2, -0.15) is 4.98 Å². The van der Waals surface area contributed by atoms with Crippen molar-refractivity contribution in [3.05, 3.63) is 12.0 Å². The van der Waals surface area contributed by atoms with Gasteiger partial charge in [-0.3, -0.25) is 0 Å². The number of aromatic nitrogens is 4. The zero-order valence-electron chi connectivity index (χ0n) is 11.5. The van der Waals surface area contributed by atoms with Gasteiger partial charge in [-0.1, -0.05) is 0 Å². The van der Waals surface area contributed by atoms with Crippen molar-refractivity contribution in [2.75, 3.05) is 18.9 Å². The molecule has 0 unspecified atom stereocenters. The second kappa shape index (κ2) is 5.94. The van der Waals surface area contributed by atoms with Gasteiger partial charge in [0, 0.05) is 13.2 Å². The van der Waals surface area contributed by atoms with E-state index >= 15 is 0 Å². The van der Waals surface area contributed by atoms with Crippen molar-refractivity contribution in [1.29, 1.82) is 0 Å². The van der Waals surface area contributed by atoms with Crippen LogP contribution in [-0.4, -0.2) is 39.0 Å². The molecule has 19 heavy (non-hydrogen) atoms. The topological polar surface area (TPSA) is 88.1 Å². The van der Waals surface area contributed by atoms with E-state index in [4.69, 9.17) is 15.2 Å². The smallest absolute Gasteiger partial charge is 0.222 e. The number of nitrogen functional groups attached to an aromatic ring is 1. The molecule has 0 aliphatic rings. The van der Waals surface area contributed by atoms with E-state index in [9.17, 15) is 0 Å². The number of rotatable bonds is 6. The molecule has 0 saturated carbocycles. The molecule has 0 aliphatic heterocycles. The van der Waals surface area contributed by atoms with Gasteiger partial charge in [-0.25, -0.2) is 9.97 Å². The molecule has 2 rings (SSSR count). The summed E-state index contributed by atoms with van der Waals surface area (Å²) in [6, 6.07) is 0.